The molecule has 2 aliphatic heterocycles. The molecule has 0 atom stereocenters. The minimum absolute atomic E-state index is 0.0671. The van der Waals surface area contributed by atoms with E-state index in [1.807, 2.05) is 24.3 Å². The van der Waals surface area contributed by atoms with Gasteiger partial charge in [-0.1, -0.05) is 23.9 Å². The van der Waals surface area contributed by atoms with Gasteiger partial charge in [0.25, 0.3) is 5.56 Å². The Labute approximate surface area is 163 Å². The monoisotopic (exact) mass is 387 g/mol. The fraction of sp³-hybridized carbons (Fsp3) is 0.474. The van der Waals surface area contributed by atoms with Crippen LogP contribution in [0.5, 0.6) is 5.75 Å². The SMILES string of the molecule is COc1ccc(Cc2c(NN3CCN(C)CC3)nc3n(c2=O)CCS3)cc1. The first kappa shape index (κ1) is 18.3. The smallest absolute Gasteiger partial charge is 0.259 e. The van der Waals surface area contributed by atoms with E-state index in [4.69, 9.17) is 9.72 Å². The molecule has 1 saturated heterocycles. The van der Waals surface area contributed by atoms with Crippen LogP contribution in [-0.4, -0.2) is 65.5 Å². The molecule has 0 spiro atoms. The first-order valence-electron chi connectivity index (χ1n) is 9.23. The number of nitrogens with one attached hydrogen (secondary N) is 1. The number of thioether (sulfide) groups is 1. The van der Waals surface area contributed by atoms with E-state index in [2.05, 4.69) is 22.4 Å². The van der Waals surface area contributed by atoms with Crippen molar-refractivity contribution in [3.8, 4) is 5.75 Å². The zero-order chi connectivity index (χ0) is 18.8. The molecule has 2 aliphatic rings. The van der Waals surface area contributed by atoms with E-state index in [1.54, 1.807) is 23.4 Å². The molecule has 27 heavy (non-hydrogen) atoms. The normalized spacial score (nSPS) is 17.7. The number of methoxy groups -OCH3 is 1. The number of anilines is 1. The summed E-state index contributed by atoms with van der Waals surface area (Å²) in [5.74, 6) is 2.41. The Morgan fingerprint density at radius 2 is 1.89 bits per heavy atom. The topological polar surface area (TPSA) is 62.6 Å². The highest BCUT2D eigenvalue weighted by Crippen LogP contribution is 2.26. The summed E-state index contributed by atoms with van der Waals surface area (Å²) in [6, 6.07) is 7.86. The summed E-state index contributed by atoms with van der Waals surface area (Å²) in [6.07, 6.45) is 0.552. The Morgan fingerprint density at radius 1 is 1.15 bits per heavy atom. The number of hydrogen-bond donors (Lipinski definition) is 1. The molecule has 0 radical (unpaired) electrons. The minimum Gasteiger partial charge on any atom is -0.497 e. The van der Waals surface area contributed by atoms with Crippen molar-refractivity contribution in [3.63, 3.8) is 0 Å². The molecule has 1 fully saturated rings. The first-order chi connectivity index (χ1) is 13.1. The first-order valence-corrected chi connectivity index (χ1v) is 10.2. The van der Waals surface area contributed by atoms with Gasteiger partial charge in [0, 0.05) is 44.9 Å². The van der Waals surface area contributed by atoms with Crippen LogP contribution in [-0.2, 0) is 13.0 Å². The Hall–Kier alpha value is -2.03. The van der Waals surface area contributed by atoms with E-state index >= 15 is 0 Å². The molecule has 144 valence electrons. The molecular weight excluding hydrogens is 362 g/mol. The summed E-state index contributed by atoms with van der Waals surface area (Å²) in [4.78, 5) is 20.2. The van der Waals surface area contributed by atoms with Crippen molar-refractivity contribution in [1.29, 1.82) is 0 Å². The van der Waals surface area contributed by atoms with Crippen LogP contribution in [0.4, 0.5) is 5.82 Å². The molecule has 8 heteroatoms. The highest BCUT2D eigenvalue weighted by Gasteiger charge is 2.23. The summed E-state index contributed by atoms with van der Waals surface area (Å²) < 4.78 is 7.04. The van der Waals surface area contributed by atoms with Gasteiger partial charge < -0.3 is 15.1 Å². The van der Waals surface area contributed by atoms with Crippen molar-refractivity contribution in [2.75, 3.05) is 51.5 Å². The fourth-order valence-electron chi connectivity index (χ4n) is 3.38. The molecule has 0 saturated carbocycles. The van der Waals surface area contributed by atoms with Crippen molar-refractivity contribution in [1.82, 2.24) is 19.5 Å². The lowest BCUT2D eigenvalue weighted by molar-refractivity contribution is 0.178. The van der Waals surface area contributed by atoms with Gasteiger partial charge in [0.2, 0.25) is 0 Å². The Balaban J connectivity index is 1.64. The predicted molar refractivity (Wildman–Crippen MR) is 108 cm³/mol. The van der Waals surface area contributed by atoms with Gasteiger partial charge in [-0.05, 0) is 24.7 Å². The van der Waals surface area contributed by atoms with Crippen molar-refractivity contribution in [3.05, 3.63) is 45.7 Å². The second-order valence-corrected chi connectivity index (χ2v) is 8.02. The molecule has 0 unspecified atom stereocenters. The molecular formula is C19H25N5O2S. The van der Waals surface area contributed by atoms with Crippen LogP contribution in [0.3, 0.4) is 0 Å². The van der Waals surface area contributed by atoms with Gasteiger partial charge in [0.1, 0.15) is 5.75 Å². The third-order valence-electron chi connectivity index (χ3n) is 5.08. The Morgan fingerprint density at radius 3 is 2.59 bits per heavy atom. The largest absolute Gasteiger partial charge is 0.497 e. The second kappa shape index (κ2) is 7.92. The van der Waals surface area contributed by atoms with Crippen LogP contribution in [0.15, 0.2) is 34.2 Å². The summed E-state index contributed by atoms with van der Waals surface area (Å²) in [6.45, 7) is 4.55. The molecule has 1 aromatic heterocycles. The van der Waals surface area contributed by atoms with Gasteiger partial charge in [0.05, 0.1) is 12.7 Å². The predicted octanol–water partition coefficient (Wildman–Crippen LogP) is 1.52. The molecule has 4 rings (SSSR count). The maximum Gasteiger partial charge on any atom is 0.259 e. The van der Waals surface area contributed by atoms with Crippen LogP contribution < -0.4 is 15.7 Å². The van der Waals surface area contributed by atoms with Crippen LogP contribution in [0.1, 0.15) is 11.1 Å². The van der Waals surface area contributed by atoms with E-state index in [-0.39, 0.29) is 5.56 Å². The zero-order valence-corrected chi connectivity index (χ0v) is 16.6. The quantitative estimate of drug-likeness (QED) is 0.781. The minimum atomic E-state index is 0.0671. The van der Waals surface area contributed by atoms with Crippen molar-refractivity contribution >= 4 is 17.6 Å². The van der Waals surface area contributed by atoms with Gasteiger partial charge in [-0.25, -0.2) is 9.99 Å². The fourth-order valence-corrected chi connectivity index (χ4v) is 4.32. The average molecular weight is 388 g/mol. The third kappa shape index (κ3) is 3.97. The third-order valence-corrected chi connectivity index (χ3v) is 6.04. The van der Waals surface area contributed by atoms with Gasteiger partial charge in [0.15, 0.2) is 11.0 Å². The number of hydrogen-bond acceptors (Lipinski definition) is 7. The molecule has 2 aromatic rings. The van der Waals surface area contributed by atoms with E-state index in [9.17, 15) is 4.79 Å². The summed E-state index contributed by atoms with van der Waals surface area (Å²) >= 11 is 1.65. The number of likely N-dealkylation sites (N-methyl/N-ethyl adjacent to an activating group) is 1. The van der Waals surface area contributed by atoms with Gasteiger partial charge in [-0.2, -0.15) is 0 Å². The molecule has 0 bridgehead atoms. The Bertz CT molecular complexity index is 860. The van der Waals surface area contributed by atoms with E-state index < -0.39 is 0 Å². The number of nitrogens with zero attached hydrogens (tertiary/aromatic N) is 4. The van der Waals surface area contributed by atoms with Crippen LogP contribution in [0.2, 0.25) is 0 Å². The van der Waals surface area contributed by atoms with E-state index in [0.717, 1.165) is 60.5 Å². The zero-order valence-electron chi connectivity index (χ0n) is 15.8. The maximum atomic E-state index is 13.1. The number of rotatable bonds is 5. The molecule has 0 aliphatic carbocycles. The van der Waals surface area contributed by atoms with Crippen LogP contribution in [0.25, 0.3) is 0 Å². The van der Waals surface area contributed by atoms with Crippen molar-refractivity contribution in [2.45, 2.75) is 18.1 Å². The van der Waals surface area contributed by atoms with Crippen molar-refractivity contribution in [2.24, 2.45) is 0 Å². The lowest BCUT2D eigenvalue weighted by atomic mass is 10.1. The van der Waals surface area contributed by atoms with E-state index in [1.165, 1.54) is 0 Å². The molecule has 0 amide bonds. The molecule has 1 N–H and O–H groups in total. The molecule has 7 nitrogen and oxygen atoms in total. The average Bonchev–Trinajstić information content (AvgIpc) is 3.16. The molecule has 1 aromatic carbocycles. The highest BCUT2D eigenvalue weighted by atomic mass is 32.2. The van der Waals surface area contributed by atoms with Gasteiger partial charge in [-0.15, -0.1) is 0 Å². The second-order valence-electron chi connectivity index (χ2n) is 6.95. The lowest BCUT2D eigenvalue weighted by Crippen LogP contribution is -2.47. The number of ether oxygens (including phenoxy) is 1. The van der Waals surface area contributed by atoms with Crippen LogP contribution >= 0.6 is 11.8 Å². The van der Waals surface area contributed by atoms with Gasteiger partial charge >= 0.3 is 0 Å². The van der Waals surface area contributed by atoms with Crippen molar-refractivity contribution < 1.29 is 4.74 Å². The van der Waals surface area contributed by atoms with Crippen LogP contribution in [0, 0.1) is 0 Å². The summed E-state index contributed by atoms with van der Waals surface area (Å²) in [5, 5.41) is 2.98. The number of hydrazine groups is 1. The Kier molecular flexibility index (Phi) is 5.38. The lowest BCUT2D eigenvalue weighted by Gasteiger charge is -2.33. The molecule has 3 heterocycles. The summed E-state index contributed by atoms with van der Waals surface area (Å²) in [5.41, 5.74) is 5.29. The van der Waals surface area contributed by atoms with Gasteiger partial charge in [-0.3, -0.25) is 9.36 Å². The number of benzene rings is 1. The highest BCUT2D eigenvalue weighted by molar-refractivity contribution is 7.99. The van der Waals surface area contributed by atoms with E-state index in [0.29, 0.717) is 12.2 Å². The maximum absolute atomic E-state index is 13.1. The number of fused-ring (bicyclic) bond motifs is 1. The standard InChI is InChI=1S/C19H25N5O2S/c1-22-7-9-23(10-8-22)21-17-16(13-14-3-5-15(26-2)6-4-14)18(25)24-11-12-27-19(24)20-17/h3-6,21H,7-13H2,1-2H3. The summed E-state index contributed by atoms with van der Waals surface area (Å²) in [7, 11) is 3.78. The number of piperazine rings is 1. The number of aromatic nitrogens is 2.